The number of nitriles is 2. The van der Waals surface area contributed by atoms with Crippen LogP contribution < -0.4 is 0 Å². The maximum absolute atomic E-state index is 12.4. The lowest BCUT2D eigenvalue weighted by atomic mass is 9.99. The van der Waals surface area contributed by atoms with Crippen molar-refractivity contribution in [3.8, 4) is 12.1 Å². The van der Waals surface area contributed by atoms with E-state index in [4.69, 9.17) is 22.1 Å². The second-order valence-corrected chi connectivity index (χ2v) is 3.66. The molecule has 18 heavy (non-hydrogen) atoms. The van der Waals surface area contributed by atoms with Gasteiger partial charge in [0.05, 0.1) is 22.7 Å². The topological polar surface area (TPSA) is 64.7 Å². The zero-order chi connectivity index (χ0) is 13.9. The van der Waals surface area contributed by atoms with Crippen LogP contribution in [-0.2, 0) is 6.18 Å². The van der Waals surface area contributed by atoms with Gasteiger partial charge in [-0.1, -0.05) is 17.7 Å². The van der Waals surface area contributed by atoms with Crippen molar-refractivity contribution in [2.24, 2.45) is 5.92 Å². The molecule has 0 saturated heterocycles. The lowest BCUT2D eigenvalue weighted by Gasteiger charge is -2.09. The van der Waals surface area contributed by atoms with Gasteiger partial charge in [0.15, 0.2) is 11.7 Å². The van der Waals surface area contributed by atoms with E-state index in [1.165, 1.54) is 12.1 Å². The first-order valence-corrected chi connectivity index (χ1v) is 4.89. The summed E-state index contributed by atoms with van der Waals surface area (Å²) in [4.78, 5) is 11.5. The van der Waals surface area contributed by atoms with Gasteiger partial charge in [-0.05, 0) is 12.1 Å². The molecule has 0 bridgehead atoms. The summed E-state index contributed by atoms with van der Waals surface area (Å²) in [5.74, 6) is -2.44. The van der Waals surface area contributed by atoms with Gasteiger partial charge in [-0.25, -0.2) is 0 Å². The number of carbonyl (C=O) groups excluding carboxylic acids is 1. The molecule has 0 spiro atoms. The van der Waals surface area contributed by atoms with E-state index < -0.39 is 28.5 Å². The number of ketones is 1. The smallest absolute Gasteiger partial charge is 0.291 e. The van der Waals surface area contributed by atoms with Crippen molar-refractivity contribution in [1.29, 1.82) is 10.5 Å². The summed E-state index contributed by atoms with van der Waals surface area (Å²) in [6, 6.07) is 5.20. The molecule has 1 aromatic rings. The molecule has 7 heteroatoms. The largest absolute Gasteiger partial charge is 0.417 e. The Balaban J connectivity index is 3.18. The predicted octanol–water partition coefficient (Wildman–Crippen LogP) is 3.20. The molecular weight excluding hydrogens is 269 g/mol. The van der Waals surface area contributed by atoms with Crippen molar-refractivity contribution in [2.75, 3.05) is 0 Å². The van der Waals surface area contributed by atoms with Gasteiger partial charge in [0.25, 0.3) is 0 Å². The second-order valence-electron chi connectivity index (χ2n) is 3.25. The highest BCUT2D eigenvalue weighted by molar-refractivity contribution is 6.31. The summed E-state index contributed by atoms with van der Waals surface area (Å²) in [7, 11) is 0. The molecule has 0 aliphatic carbocycles. The van der Waals surface area contributed by atoms with E-state index in [-0.39, 0.29) is 5.56 Å². The molecule has 0 radical (unpaired) electrons. The van der Waals surface area contributed by atoms with Crippen LogP contribution in [0.15, 0.2) is 18.2 Å². The zero-order valence-electron chi connectivity index (χ0n) is 8.62. The first kappa shape index (κ1) is 14.0. The van der Waals surface area contributed by atoms with Crippen LogP contribution in [-0.4, -0.2) is 5.78 Å². The van der Waals surface area contributed by atoms with Crippen LogP contribution in [0.2, 0.25) is 5.02 Å². The fourth-order valence-corrected chi connectivity index (χ4v) is 1.50. The minimum atomic E-state index is -4.62. The summed E-state index contributed by atoms with van der Waals surface area (Å²) in [6.07, 6.45) is -4.62. The monoisotopic (exact) mass is 272 g/mol. The van der Waals surface area contributed by atoms with E-state index in [9.17, 15) is 18.0 Å². The van der Waals surface area contributed by atoms with Crippen molar-refractivity contribution in [3.05, 3.63) is 34.3 Å². The highest BCUT2D eigenvalue weighted by Gasteiger charge is 2.33. The normalized spacial score (nSPS) is 10.8. The number of Topliss-reactive ketones (excluding diaryl/α,β-unsaturated/α-hetero) is 1. The lowest BCUT2D eigenvalue weighted by Crippen LogP contribution is -2.12. The Morgan fingerprint density at radius 1 is 1.28 bits per heavy atom. The quantitative estimate of drug-likeness (QED) is 0.777. The molecule has 0 aliphatic rings. The van der Waals surface area contributed by atoms with E-state index in [0.29, 0.717) is 6.07 Å². The Hall–Kier alpha value is -2.05. The first-order chi connectivity index (χ1) is 8.31. The molecule has 0 unspecified atom stereocenters. The number of hydrogen-bond acceptors (Lipinski definition) is 3. The van der Waals surface area contributed by atoms with Crippen molar-refractivity contribution in [3.63, 3.8) is 0 Å². The number of rotatable bonds is 2. The summed E-state index contributed by atoms with van der Waals surface area (Å²) >= 11 is 5.41. The SMILES string of the molecule is N#CC(C#N)C(=O)c1ccc(C(F)(F)F)c(Cl)c1. The van der Waals surface area contributed by atoms with Crippen LogP contribution in [0.4, 0.5) is 13.2 Å². The summed E-state index contributed by atoms with van der Waals surface area (Å²) in [6.45, 7) is 0. The minimum absolute atomic E-state index is 0.207. The third-order valence-electron chi connectivity index (χ3n) is 2.08. The number of alkyl halides is 3. The second kappa shape index (κ2) is 5.07. The van der Waals surface area contributed by atoms with Gasteiger partial charge in [-0.2, -0.15) is 23.7 Å². The fourth-order valence-electron chi connectivity index (χ4n) is 1.21. The summed E-state index contributed by atoms with van der Waals surface area (Å²) in [5.41, 5.74) is -1.28. The molecule has 0 N–H and O–H groups in total. The van der Waals surface area contributed by atoms with Gasteiger partial charge >= 0.3 is 6.18 Å². The van der Waals surface area contributed by atoms with Crippen LogP contribution >= 0.6 is 11.6 Å². The van der Waals surface area contributed by atoms with Crippen molar-refractivity contribution in [2.45, 2.75) is 6.18 Å². The van der Waals surface area contributed by atoms with Gasteiger partial charge in [0.2, 0.25) is 0 Å². The Morgan fingerprint density at radius 3 is 2.22 bits per heavy atom. The Bertz CT molecular complexity index is 555. The summed E-state index contributed by atoms with van der Waals surface area (Å²) in [5, 5.41) is 16.4. The molecule has 0 atom stereocenters. The van der Waals surface area contributed by atoms with Crippen LogP contribution in [0, 0.1) is 28.6 Å². The van der Waals surface area contributed by atoms with Gasteiger partial charge in [-0.3, -0.25) is 4.79 Å². The van der Waals surface area contributed by atoms with Crippen LogP contribution in [0.5, 0.6) is 0 Å². The third-order valence-corrected chi connectivity index (χ3v) is 2.39. The third kappa shape index (κ3) is 2.79. The van der Waals surface area contributed by atoms with E-state index >= 15 is 0 Å². The number of carbonyl (C=O) groups is 1. The van der Waals surface area contributed by atoms with Crippen LogP contribution in [0.25, 0.3) is 0 Å². The first-order valence-electron chi connectivity index (χ1n) is 4.51. The molecule has 1 aromatic carbocycles. The number of nitrogens with zero attached hydrogens (tertiary/aromatic N) is 2. The maximum atomic E-state index is 12.4. The molecule has 0 aliphatic heterocycles. The maximum Gasteiger partial charge on any atom is 0.417 e. The molecule has 0 heterocycles. The van der Waals surface area contributed by atoms with E-state index in [1.54, 1.807) is 0 Å². The minimum Gasteiger partial charge on any atom is -0.291 e. The standard InChI is InChI=1S/C11H4ClF3N2O/c12-9-3-6(10(18)7(4-16)5-17)1-2-8(9)11(13,14)15/h1-3,7H. The van der Waals surface area contributed by atoms with Crippen LogP contribution in [0.3, 0.4) is 0 Å². The van der Waals surface area contributed by atoms with Gasteiger partial charge in [0, 0.05) is 5.56 Å². The van der Waals surface area contributed by atoms with Crippen molar-refractivity contribution >= 4 is 17.4 Å². The molecule has 92 valence electrons. The lowest BCUT2D eigenvalue weighted by molar-refractivity contribution is -0.137. The highest BCUT2D eigenvalue weighted by atomic mass is 35.5. The number of benzene rings is 1. The number of halogens is 4. The Labute approximate surface area is 105 Å². The molecular formula is C11H4ClF3N2O. The summed E-state index contributed by atoms with van der Waals surface area (Å²) < 4.78 is 37.2. The average molecular weight is 273 g/mol. The molecule has 0 amide bonds. The van der Waals surface area contributed by atoms with E-state index in [0.717, 1.165) is 12.1 Å². The van der Waals surface area contributed by atoms with E-state index in [1.807, 2.05) is 0 Å². The molecule has 0 aromatic heterocycles. The molecule has 0 fully saturated rings. The average Bonchev–Trinajstić information content (AvgIpc) is 2.28. The highest BCUT2D eigenvalue weighted by Crippen LogP contribution is 2.35. The van der Waals surface area contributed by atoms with Gasteiger partial charge in [-0.15, -0.1) is 0 Å². The molecule has 3 nitrogen and oxygen atoms in total. The van der Waals surface area contributed by atoms with Crippen LogP contribution in [0.1, 0.15) is 15.9 Å². The van der Waals surface area contributed by atoms with Crippen molar-refractivity contribution in [1.82, 2.24) is 0 Å². The Kier molecular flexibility index (Phi) is 3.95. The predicted molar refractivity (Wildman–Crippen MR) is 55.5 cm³/mol. The number of hydrogen-bond donors (Lipinski definition) is 0. The van der Waals surface area contributed by atoms with Gasteiger partial charge in [0.1, 0.15) is 0 Å². The molecule has 0 saturated carbocycles. The van der Waals surface area contributed by atoms with Gasteiger partial charge < -0.3 is 0 Å². The van der Waals surface area contributed by atoms with Crippen molar-refractivity contribution < 1.29 is 18.0 Å². The zero-order valence-corrected chi connectivity index (χ0v) is 9.38. The van der Waals surface area contributed by atoms with E-state index in [2.05, 4.69) is 0 Å². The fraction of sp³-hybridized carbons (Fsp3) is 0.182. The molecule has 1 rings (SSSR count). The Morgan fingerprint density at radius 2 is 1.83 bits per heavy atom.